The summed E-state index contributed by atoms with van der Waals surface area (Å²) in [5.74, 6) is 0. The molecule has 1 atom stereocenters. The minimum absolute atomic E-state index is 0.946. The maximum absolute atomic E-state index is 5.90. The van der Waals surface area contributed by atoms with E-state index in [1.165, 1.54) is 12.5 Å². The van der Waals surface area contributed by atoms with Crippen LogP contribution in [-0.4, -0.2) is 22.8 Å². The van der Waals surface area contributed by atoms with Gasteiger partial charge in [-0.05, 0) is 18.5 Å². The van der Waals surface area contributed by atoms with E-state index in [1.807, 2.05) is 6.08 Å². The molecule has 0 aromatic heterocycles. The first-order chi connectivity index (χ1) is 6.29. The fourth-order valence-corrected chi connectivity index (χ4v) is 12.0. The van der Waals surface area contributed by atoms with Crippen LogP contribution >= 0.6 is 0 Å². The quantitative estimate of drug-likeness (QED) is 0.511. The molecule has 72 valence electrons. The van der Waals surface area contributed by atoms with E-state index in [2.05, 4.69) is 31.1 Å². The molecule has 0 aromatic carbocycles. The van der Waals surface area contributed by atoms with Gasteiger partial charge in [-0.15, -0.1) is 19.7 Å². The Morgan fingerprint density at radius 2 is 2.00 bits per heavy atom. The summed E-state index contributed by atoms with van der Waals surface area (Å²) in [4.78, 5) is 0. The van der Waals surface area contributed by atoms with Crippen LogP contribution in [0.15, 0.2) is 37.2 Å². The van der Waals surface area contributed by atoms with Gasteiger partial charge in [0, 0.05) is 6.61 Å². The van der Waals surface area contributed by atoms with Gasteiger partial charge in [0.15, 0.2) is 8.56 Å². The van der Waals surface area contributed by atoms with Gasteiger partial charge >= 0.3 is 0 Å². The van der Waals surface area contributed by atoms with Crippen molar-refractivity contribution < 1.29 is 4.43 Å². The lowest BCUT2D eigenvalue weighted by atomic mass is 10.5. The molecule has 1 aliphatic heterocycles. The second kappa shape index (κ2) is 4.74. The molecule has 1 saturated heterocycles. The van der Waals surface area contributed by atoms with Crippen LogP contribution in [0.25, 0.3) is 0 Å². The van der Waals surface area contributed by atoms with Gasteiger partial charge in [-0.2, -0.15) is 0 Å². The number of hydrogen-bond acceptors (Lipinski definition) is 1. The van der Waals surface area contributed by atoms with E-state index in [1.54, 1.807) is 0 Å². The number of rotatable bonds is 4. The second-order valence-corrected chi connectivity index (χ2v) is 14.0. The third-order valence-corrected chi connectivity index (χ3v) is 15.2. The van der Waals surface area contributed by atoms with Crippen molar-refractivity contribution >= 4 is 16.1 Å². The van der Waals surface area contributed by atoms with Crippen LogP contribution in [0.4, 0.5) is 0 Å². The minimum atomic E-state index is -1.41. The van der Waals surface area contributed by atoms with Crippen molar-refractivity contribution in [3.05, 3.63) is 37.2 Å². The summed E-state index contributed by atoms with van der Waals surface area (Å²) in [7, 11) is -2.50. The van der Waals surface area contributed by atoms with Gasteiger partial charge in [0.05, 0.1) is 0 Å². The standard InChI is InChI=1S/C10H18OSi2/c1-4-9-12-11-8-7-10-13(12,5-2)6-3/h4-6,12H,1-3,7-10H2. The zero-order valence-electron chi connectivity index (χ0n) is 8.17. The lowest BCUT2D eigenvalue weighted by Crippen LogP contribution is -2.53. The summed E-state index contributed by atoms with van der Waals surface area (Å²) in [5, 5.41) is 0. The van der Waals surface area contributed by atoms with Crippen LogP contribution in [-0.2, 0) is 4.43 Å². The molecule has 0 spiro atoms. The Morgan fingerprint density at radius 1 is 1.31 bits per heavy atom. The van der Waals surface area contributed by atoms with Crippen LogP contribution in [0, 0.1) is 0 Å². The monoisotopic (exact) mass is 210 g/mol. The van der Waals surface area contributed by atoms with Crippen LogP contribution in [0.5, 0.6) is 0 Å². The molecule has 0 amide bonds. The molecule has 0 bridgehead atoms. The normalized spacial score (nSPS) is 26.3. The summed E-state index contributed by atoms with van der Waals surface area (Å²) in [6.45, 7) is 12.7. The highest BCUT2D eigenvalue weighted by molar-refractivity contribution is 7.35. The molecule has 3 heteroatoms. The maximum Gasteiger partial charge on any atom is 0.178 e. The van der Waals surface area contributed by atoms with Crippen molar-refractivity contribution in [2.45, 2.75) is 18.5 Å². The Hall–Kier alpha value is -0.386. The van der Waals surface area contributed by atoms with E-state index in [4.69, 9.17) is 4.43 Å². The van der Waals surface area contributed by atoms with Crippen LogP contribution < -0.4 is 0 Å². The Kier molecular flexibility index (Phi) is 3.90. The van der Waals surface area contributed by atoms with Crippen molar-refractivity contribution in [1.82, 2.24) is 0 Å². The third kappa shape index (κ3) is 2.10. The lowest BCUT2D eigenvalue weighted by molar-refractivity contribution is 0.320. The molecule has 13 heavy (non-hydrogen) atoms. The summed E-state index contributed by atoms with van der Waals surface area (Å²) in [6, 6.07) is 2.37. The van der Waals surface area contributed by atoms with Gasteiger partial charge < -0.3 is 4.43 Å². The van der Waals surface area contributed by atoms with Gasteiger partial charge in [-0.25, -0.2) is 0 Å². The van der Waals surface area contributed by atoms with Gasteiger partial charge in [0.1, 0.15) is 7.59 Å². The summed E-state index contributed by atoms with van der Waals surface area (Å²) < 4.78 is 5.90. The lowest BCUT2D eigenvalue weighted by Gasteiger charge is -2.36. The molecule has 0 N–H and O–H groups in total. The van der Waals surface area contributed by atoms with E-state index in [0.29, 0.717) is 0 Å². The first-order valence-corrected chi connectivity index (χ1v) is 10.2. The topological polar surface area (TPSA) is 9.23 Å². The first kappa shape index (κ1) is 10.7. The second-order valence-electron chi connectivity index (χ2n) is 3.51. The molecular formula is C10H18OSi2. The third-order valence-electron chi connectivity index (χ3n) is 2.81. The highest BCUT2D eigenvalue weighted by Gasteiger charge is 2.39. The van der Waals surface area contributed by atoms with Gasteiger partial charge in [-0.3, -0.25) is 0 Å². The Labute approximate surface area is 83.3 Å². The van der Waals surface area contributed by atoms with E-state index in [9.17, 15) is 0 Å². The average molecular weight is 210 g/mol. The van der Waals surface area contributed by atoms with Gasteiger partial charge in [-0.1, -0.05) is 17.5 Å². The van der Waals surface area contributed by atoms with Crippen LogP contribution in [0.2, 0.25) is 12.1 Å². The largest absolute Gasteiger partial charge is 0.422 e. The molecule has 1 unspecified atom stereocenters. The van der Waals surface area contributed by atoms with Crippen molar-refractivity contribution in [2.24, 2.45) is 0 Å². The average Bonchev–Trinajstić information content (AvgIpc) is 2.20. The number of allylic oxidation sites excluding steroid dienone is 1. The predicted molar refractivity (Wildman–Crippen MR) is 63.7 cm³/mol. The summed E-state index contributed by atoms with van der Waals surface area (Å²) in [5.41, 5.74) is 4.33. The molecule has 0 aromatic rings. The molecule has 0 saturated carbocycles. The SMILES string of the molecule is C=CC[SiH]1OCCC[Si]1(C=C)C=C. The molecule has 1 fully saturated rings. The fourth-order valence-electron chi connectivity index (χ4n) is 1.91. The molecule has 1 nitrogen and oxygen atoms in total. The first-order valence-electron chi connectivity index (χ1n) is 4.79. The van der Waals surface area contributed by atoms with Crippen molar-refractivity contribution in [2.75, 3.05) is 6.61 Å². The van der Waals surface area contributed by atoms with Crippen LogP contribution in [0.1, 0.15) is 6.42 Å². The Balaban J connectivity index is 2.80. The summed E-state index contributed by atoms with van der Waals surface area (Å²) in [6.07, 6.45) is 3.18. The van der Waals surface area contributed by atoms with Gasteiger partial charge in [0.2, 0.25) is 0 Å². The van der Waals surface area contributed by atoms with Gasteiger partial charge in [0.25, 0.3) is 0 Å². The zero-order chi connectivity index (χ0) is 9.73. The molecule has 0 aliphatic carbocycles. The van der Waals surface area contributed by atoms with Crippen molar-refractivity contribution in [1.29, 1.82) is 0 Å². The minimum Gasteiger partial charge on any atom is -0.422 e. The van der Waals surface area contributed by atoms with E-state index < -0.39 is 16.1 Å². The summed E-state index contributed by atoms with van der Waals surface area (Å²) >= 11 is 0. The Morgan fingerprint density at radius 3 is 2.54 bits per heavy atom. The molecule has 1 rings (SSSR count). The Bertz CT molecular complexity index is 205. The molecule has 0 radical (unpaired) electrons. The highest BCUT2D eigenvalue weighted by Crippen LogP contribution is 2.26. The fraction of sp³-hybridized carbons (Fsp3) is 0.400. The smallest absolute Gasteiger partial charge is 0.178 e. The maximum atomic E-state index is 5.90. The van der Waals surface area contributed by atoms with E-state index >= 15 is 0 Å². The molecular weight excluding hydrogens is 192 g/mol. The van der Waals surface area contributed by atoms with Crippen molar-refractivity contribution in [3.63, 3.8) is 0 Å². The van der Waals surface area contributed by atoms with Crippen LogP contribution in [0.3, 0.4) is 0 Å². The predicted octanol–water partition coefficient (Wildman–Crippen LogP) is 2.29. The van der Waals surface area contributed by atoms with E-state index in [0.717, 1.165) is 12.7 Å². The highest BCUT2D eigenvalue weighted by atomic mass is 29.2. The molecule has 1 aliphatic rings. The molecule has 1 heterocycles. The van der Waals surface area contributed by atoms with Crippen molar-refractivity contribution in [3.8, 4) is 0 Å². The number of hydrogen-bond donors (Lipinski definition) is 0. The zero-order valence-corrected chi connectivity index (χ0v) is 10.3. The van der Waals surface area contributed by atoms with E-state index in [-0.39, 0.29) is 0 Å².